The van der Waals surface area contributed by atoms with Gasteiger partial charge in [0.05, 0.1) is 11.5 Å². The van der Waals surface area contributed by atoms with E-state index in [1.807, 2.05) is 0 Å². The highest BCUT2D eigenvalue weighted by atomic mass is 16.7. The Hall–Kier alpha value is -1.66. The molecule has 1 saturated heterocycles. The van der Waals surface area contributed by atoms with Gasteiger partial charge in [-0.2, -0.15) is 0 Å². The van der Waals surface area contributed by atoms with Crippen molar-refractivity contribution in [1.82, 2.24) is 4.90 Å². The van der Waals surface area contributed by atoms with Gasteiger partial charge in [0.2, 0.25) is 0 Å². The lowest BCUT2D eigenvalue weighted by Crippen LogP contribution is -2.29. The summed E-state index contributed by atoms with van der Waals surface area (Å²) in [4.78, 5) is 13.0. The number of hydrogen-bond acceptors (Lipinski definition) is 5. The summed E-state index contributed by atoms with van der Waals surface area (Å²) in [5.41, 5.74) is 1.79. The SMILES string of the molecule is O=[N+]([O-])c1cc2c(c(CN3CCCCC3)c1)OCOC2. The van der Waals surface area contributed by atoms with Crippen molar-refractivity contribution in [3.8, 4) is 5.75 Å². The summed E-state index contributed by atoms with van der Waals surface area (Å²) in [6, 6.07) is 3.19. The van der Waals surface area contributed by atoms with Crippen LogP contribution in [-0.2, 0) is 17.9 Å². The van der Waals surface area contributed by atoms with E-state index in [9.17, 15) is 10.1 Å². The lowest BCUT2D eigenvalue weighted by atomic mass is 10.0. The van der Waals surface area contributed by atoms with Crippen LogP contribution in [0.5, 0.6) is 5.75 Å². The first-order valence-electron chi connectivity index (χ1n) is 6.97. The van der Waals surface area contributed by atoms with Gasteiger partial charge >= 0.3 is 0 Å². The van der Waals surface area contributed by atoms with Gasteiger partial charge in [0, 0.05) is 29.8 Å². The highest BCUT2D eigenvalue weighted by Crippen LogP contribution is 2.33. The Balaban J connectivity index is 1.90. The number of hydrogen-bond donors (Lipinski definition) is 0. The Morgan fingerprint density at radius 1 is 1.25 bits per heavy atom. The van der Waals surface area contributed by atoms with Gasteiger partial charge in [0.1, 0.15) is 5.75 Å². The third-order valence-electron chi connectivity index (χ3n) is 3.83. The largest absolute Gasteiger partial charge is 0.467 e. The van der Waals surface area contributed by atoms with Gasteiger partial charge in [-0.05, 0) is 25.9 Å². The van der Waals surface area contributed by atoms with Crippen LogP contribution in [0.3, 0.4) is 0 Å². The zero-order valence-corrected chi connectivity index (χ0v) is 11.3. The molecule has 0 spiro atoms. The lowest BCUT2D eigenvalue weighted by molar-refractivity contribution is -0.385. The quantitative estimate of drug-likeness (QED) is 0.627. The molecule has 6 nitrogen and oxygen atoms in total. The van der Waals surface area contributed by atoms with E-state index in [1.165, 1.54) is 19.3 Å². The number of likely N-dealkylation sites (tertiary alicyclic amines) is 1. The van der Waals surface area contributed by atoms with Crippen LogP contribution in [0.15, 0.2) is 12.1 Å². The molecule has 2 heterocycles. The number of nitrogens with zero attached hydrogens (tertiary/aromatic N) is 2. The second-order valence-electron chi connectivity index (χ2n) is 5.30. The number of rotatable bonds is 3. The predicted molar refractivity (Wildman–Crippen MR) is 72.5 cm³/mol. The normalized spacial score (nSPS) is 19.2. The zero-order valence-electron chi connectivity index (χ0n) is 11.3. The molecule has 0 radical (unpaired) electrons. The molecule has 2 aliphatic rings. The minimum atomic E-state index is -0.353. The Morgan fingerprint density at radius 3 is 2.80 bits per heavy atom. The maximum atomic E-state index is 11.0. The van der Waals surface area contributed by atoms with Crippen LogP contribution >= 0.6 is 0 Å². The van der Waals surface area contributed by atoms with E-state index in [0.717, 1.165) is 30.0 Å². The van der Waals surface area contributed by atoms with Crippen molar-refractivity contribution in [3.05, 3.63) is 33.4 Å². The van der Waals surface area contributed by atoms with Crippen LogP contribution < -0.4 is 4.74 Å². The fraction of sp³-hybridized carbons (Fsp3) is 0.571. The Labute approximate surface area is 117 Å². The van der Waals surface area contributed by atoms with Crippen LogP contribution in [0, 0.1) is 10.1 Å². The van der Waals surface area contributed by atoms with Gasteiger partial charge in [0.15, 0.2) is 6.79 Å². The van der Waals surface area contributed by atoms with Crippen molar-refractivity contribution in [1.29, 1.82) is 0 Å². The number of ether oxygens (including phenoxy) is 2. The molecular weight excluding hydrogens is 260 g/mol. The van der Waals surface area contributed by atoms with Crippen molar-refractivity contribution < 1.29 is 14.4 Å². The molecule has 1 aromatic carbocycles. The fourth-order valence-electron chi connectivity index (χ4n) is 2.86. The molecule has 108 valence electrons. The first kappa shape index (κ1) is 13.3. The average Bonchev–Trinajstić information content (AvgIpc) is 2.48. The maximum absolute atomic E-state index is 11.0. The predicted octanol–water partition coefficient (Wildman–Crippen LogP) is 2.45. The third-order valence-corrected chi connectivity index (χ3v) is 3.83. The molecule has 3 rings (SSSR count). The molecule has 20 heavy (non-hydrogen) atoms. The first-order chi connectivity index (χ1) is 9.74. The van der Waals surface area contributed by atoms with E-state index >= 15 is 0 Å². The number of piperidine rings is 1. The lowest BCUT2D eigenvalue weighted by Gasteiger charge is -2.28. The van der Waals surface area contributed by atoms with Crippen molar-refractivity contribution in [2.24, 2.45) is 0 Å². The van der Waals surface area contributed by atoms with Crippen LogP contribution in [0.2, 0.25) is 0 Å². The molecule has 0 saturated carbocycles. The number of non-ortho nitro benzene ring substituents is 1. The minimum Gasteiger partial charge on any atom is -0.467 e. The smallest absolute Gasteiger partial charge is 0.270 e. The Morgan fingerprint density at radius 2 is 2.05 bits per heavy atom. The average molecular weight is 278 g/mol. The van der Waals surface area contributed by atoms with Crippen molar-refractivity contribution in [2.75, 3.05) is 19.9 Å². The Bertz CT molecular complexity index is 512. The highest BCUT2D eigenvalue weighted by Gasteiger charge is 2.22. The Kier molecular flexibility index (Phi) is 3.84. The monoisotopic (exact) mass is 278 g/mol. The van der Waals surface area contributed by atoms with Gasteiger partial charge in [-0.1, -0.05) is 6.42 Å². The van der Waals surface area contributed by atoms with Crippen LogP contribution in [0.4, 0.5) is 5.69 Å². The highest BCUT2D eigenvalue weighted by molar-refractivity contribution is 5.50. The molecule has 0 amide bonds. The summed E-state index contributed by atoms with van der Waals surface area (Å²) in [7, 11) is 0. The number of fused-ring (bicyclic) bond motifs is 1. The van der Waals surface area contributed by atoms with E-state index < -0.39 is 0 Å². The molecule has 2 aliphatic heterocycles. The van der Waals surface area contributed by atoms with E-state index in [0.29, 0.717) is 13.2 Å². The van der Waals surface area contributed by atoms with Gasteiger partial charge in [-0.3, -0.25) is 15.0 Å². The fourth-order valence-corrected chi connectivity index (χ4v) is 2.86. The molecule has 1 fully saturated rings. The maximum Gasteiger partial charge on any atom is 0.270 e. The number of benzene rings is 1. The number of nitro groups is 1. The molecule has 0 N–H and O–H groups in total. The summed E-state index contributed by atoms with van der Waals surface area (Å²) in [5, 5.41) is 11.0. The summed E-state index contributed by atoms with van der Waals surface area (Å²) >= 11 is 0. The zero-order chi connectivity index (χ0) is 13.9. The van der Waals surface area contributed by atoms with Crippen molar-refractivity contribution >= 4 is 5.69 Å². The van der Waals surface area contributed by atoms with E-state index in [4.69, 9.17) is 9.47 Å². The van der Waals surface area contributed by atoms with Crippen LogP contribution in [0.25, 0.3) is 0 Å². The topological polar surface area (TPSA) is 64.8 Å². The van der Waals surface area contributed by atoms with Crippen molar-refractivity contribution in [2.45, 2.75) is 32.4 Å². The first-order valence-corrected chi connectivity index (χ1v) is 6.97. The summed E-state index contributed by atoms with van der Waals surface area (Å²) in [6.07, 6.45) is 3.66. The third kappa shape index (κ3) is 2.76. The van der Waals surface area contributed by atoms with Crippen LogP contribution in [0.1, 0.15) is 30.4 Å². The minimum absolute atomic E-state index is 0.116. The van der Waals surface area contributed by atoms with E-state index in [2.05, 4.69) is 4.90 Å². The van der Waals surface area contributed by atoms with Gasteiger partial charge in [-0.25, -0.2) is 0 Å². The summed E-state index contributed by atoms with van der Waals surface area (Å²) < 4.78 is 10.8. The van der Waals surface area contributed by atoms with Crippen LogP contribution in [-0.4, -0.2) is 29.7 Å². The molecule has 0 unspecified atom stereocenters. The summed E-state index contributed by atoms with van der Waals surface area (Å²) in [5.74, 6) is 0.771. The molecule has 1 aromatic rings. The molecular formula is C14H18N2O4. The standard InChI is InChI=1S/C14H18N2O4/c17-16(18)13-6-11(8-15-4-2-1-3-5-15)14-12(7-13)9-19-10-20-14/h6-7H,1-5,8-10H2. The molecule has 0 aliphatic carbocycles. The molecule has 0 aromatic heterocycles. The van der Waals surface area contributed by atoms with Gasteiger partial charge in [0.25, 0.3) is 5.69 Å². The molecule has 0 bridgehead atoms. The number of nitro benzene ring substituents is 1. The van der Waals surface area contributed by atoms with E-state index in [-0.39, 0.29) is 17.4 Å². The second kappa shape index (κ2) is 5.76. The molecule has 0 atom stereocenters. The van der Waals surface area contributed by atoms with Gasteiger partial charge in [-0.15, -0.1) is 0 Å². The summed E-state index contributed by atoms with van der Waals surface area (Å²) in [6.45, 7) is 3.41. The van der Waals surface area contributed by atoms with Gasteiger partial charge < -0.3 is 9.47 Å². The van der Waals surface area contributed by atoms with E-state index in [1.54, 1.807) is 12.1 Å². The second-order valence-corrected chi connectivity index (χ2v) is 5.30. The van der Waals surface area contributed by atoms with Crippen molar-refractivity contribution in [3.63, 3.8) is 0 Å². The molecule has 6 heteroatoms.